The number of hydrogen-bond acceptors (Lipinski definition) is 4. The highest BCUT2D eigenvalue weighted by molar-refractivity contribution is 9.10. The Hall–Kier alpha value is -1.24. The molecule has 0 bridgehead atoms. The predicted octanol–water partition coefficient (Wildman–Crippen LogP) is 2.68. The van der Waals surface area contributed by atoms with E-state index in [1.54, 1.807) is 0 Å². The second kappa shape index (κ2) is 7.15. The van der Waals surface area contributed by atoms with Crippen molar-refractivity contribution >= 4 is 15.9 Å². The fraction of sp³-hybridized carbons (Fsp3) is 0.467. The first kappa shape index (κ1) is 16.1. The van der Waals surface area contributed by atoms with Gasteiger partial charge in [-0.15, -0.1) is 0 Å². The van der Waals surface area contributed by atoms with Gasteiger partial charge in [0.05, 0.1) is 21.9 Å². The molecule has 2 aromatic rings. The molecule has 0 aromatic carbocycles. The standard InChI is InChI=1S/C15H22BrN5/c1-4-12-15(16)14(21(5-2)20-12)7-13(19-17)11-6-10(3)8-18-9-11/h6,8-9,13,19H,4-5,7,17H2,1-3H3. The van der Waals surface area contributed by atoms with Gasteiger partial charge in [-0.2, -0.15) is 5.10 Å². The molecule has 21 heavy (non-hydrogen) atoms. The Kier molecular flexibility index (Phi) is 5.50. The zero-order valence-electron chi connectivity index (χ0n) is 12.7. The second-order valence-corrected chi connectivity index (χ2v) is 5.89. The second-order valence-electron chi connectivity index (χ2n) is 5.10. The summed E-state index contributed by atoms with van der Waals surface area (Å²) in [5.41, 5.74) is 7.37. The molecule has 2 rings (SSSR count). The number of hydrogen-bond donors (Lipinski definition) is 2. The van der Waals surface area contributed by atoms with Crippen LogP contribution in [-0.4, -0.2) is 14.8 Å². The quantitative estimate of drug-likeness (QED) is 0.620. The number of nitrogens with one attached hydrogen (secondary N) is 1. The normalized spacial score (nSPS) is 12.6. The molecule has 0 aliphatic heterocycles. The summed E-state index contributed by atoms with van der Waals surface area (Å²) in [4.78, 5) is 4.25. The molecular weight excluding hydrogens is 330 g/mol. The lowest BCUT2D eigenvalue weighted by atomic mass is 10.0. The zero-order valence-corrected chi connectivity index (χ0v) is 14.3. The van der Waals surface area contributed by atoms with E-state index >= 15 is 0 Å². The molecule has 0 radical (unpaired) electrons. The molecular formula is C15H22BrN5. The van der Waals surface area contributed by atoms with Crippen LogP contribution >= 0.6 is 15.9 Å². The third-order valence-electron chi connectivity index (χ3n) is 3.59. The molecule has 0 saturated carbocycles. The van der Waals surface area contributed by atoms with E-state index in [1.807, 2.05) is 24.0 Å². The molecule has 0 amide bonds. The van der Waals surface area contributed by atoms with Crippen molar-refractivity contribution in [1.82, 2.24) is 20.2 Å². The number of rotatable bonds is 6. The third kappa shape index (κ3) is 3.51. The van der Waals surface area contributed by atoms with E-state index in [4.69, 9.17) is 5.84 Å². The lowest BCUT2D eigenvalue weighted by Gasteiger charge is -2.17. The van der Waals surface area contributed by atoms with Crippen molar-refractivity contribution in [3.63, 3.8) is 0 Å². The molecule has 6 heteroatoms. The van der Waals surface area contributed by atoms with E-state index in [9.17, 15) is 0 Å². The SMILES string of the molecule is CCc1nn(CC)c(CC(NN)c2cncc(C)c2)c1Br. The van der Waals surface area contributed by atoms with Gasteiger partial charge in [-0.3, -0.25) is 20.9 Å². The minimum absolute atomic E-state index is 0.0143. The first-order valence-corrected chi connectivity index (χ1v) is 8.01. The van der Waals surface area contributed by atoms with Crippen molar-refractivity contribution in [3.8, 4) is 0 Å². The Morgan fingerprint density at radius 3 is 2.71 bits per heavy atom. The van der Waals surface area contributed by atoms with Gasteiger partial charge in [0.1, 0.15) is 0 Å². The van der Waals surface area contributed by atoms with Crippen LogP contribution in [-0.2, 0) is 19.4 Å². The van der Waals surface area contributed by atoms with Gasteiger partial charge in [-0.05, 0) is 47.3 Å². The van der Waals surface area contributed by atoms with Crippen LogP contribution in [0, 0.1) is 6.92 Å². The lowest BCUT2D eigenvalue weighted by Crippen LogP contribution is -2.30. The van der Waals surface area contributed by atoms with Gasteiger partial charge >= 0.3 is 0 Å². The number of hydrazine groups is 1. The van der Waals surface area contributed by atoms with E-state index in [1.165, 1.54) is 5.69 Å². The smallest absolute Gasteiger partial charge is 0.0766 e. The Morgan fingerprint density at radius 1 is 1.38 bits per heavy atom. The van der Waals surface area contributed by atoms with Crippen LogP contribution < -0.4 is 11.3 Å². The summed E-state index contributed by atoms with van der Waals surface area (Å²) in [6.07, 6.45) is 5.38. The van der Waals surface area contributed by atoms with Crippen LogP contribution in [0.5, 0.6) is 0 Å². The third-order valence-corrected chi connectivity index (χ3v) is 4.51. The highest BCUT2D eigenvalue weighted by atomic mass is 79.9. The van der Waals surface area contributed by atoms with Crippen molar-refractivity contribution in [2.24, 2.45) is 5.84 Å². The van der Waals surface area contributed by atoms with E-state index in [0.717, 1.165) is 40.7 Å². The number of nitrogens with two attached hydrogens (primary N) is 1. The fourth-order valence-electron chi connectivity index (χ4n) is 2.45. The average Bonchev–Trinajstić information content (AvgIpc) is 2.80. The van der Waals surface area contributed by atoms with Crippen LogP contribution in [0.3, 0.4) is 0 Å². The molecule has 1 unspecified atom stereocenters. The van der Waals surface area contributed by atoms with Crippen molar-refractivity contribution < 1.29 is 0 Å². The molecule has 0 fully saturated rings. The summed E-state index contributed by atoms with van der Waals surface area (Å²) in [5.74, 6) is 5.76. The summed E-state index contributed by atoms with van der Waals surface area (Å²) in [6.45, 7) is 7.09. The molecule has 0 aliphatic rings. The number of pyridine rings is 1. The topological polar surface area (TPSA) is 68.8 Å². The van der Waals surface area contributed by atoms with Crippen LogP contribution in [0.1, 0.15) is 42.4 Å². The molecule has 0 spiro atoms. The first-order chi connectivity index (χ1) is 10.1. The number of halogens is 1. The van der Waals surface area contributed by atoms with Crippen LogP contribution in [0.25, 0.3) is 0 Å². The summed E-state index contributed by atoms with van der Waals surface area (Å²) < 4.78 is 3.13. The summed E-state index contributed by atoms with van der Waals surface area (Å²) in [6, 6.07) is 2.12. The maximum Gasteiger partial charge on any atom is 0.0766 e. The van der Waals surface area contributed by atoms with Crippen LogP contribution in [0.2, 0.25) is 0 Å². The molecule has 2 aromatic heterocycles. The van der Waals surface area contributed by atoms with Crippen molar-refractivity contribution in [2.45, 2.75) is 46.2 Å². The molecule has 0 aliphatic carbocycles. The maximum atomic E-state index is 5.76. The minimum atomic E-state index is 0.0143. The van der Waals surface area contributed by atoms with Crippen LogP contribution in [0.4, 0.5) is 0 Å². The number of aryl methyl sites for hydroxylation is 3. The monoisotopic (exact) mass is 351 g/mol. The average molecular weight is 352 g/mol. The van der Waals surface area contributed by atoms with Crippen molar-refractivity contribution in [1.29, 1.82) is 0 Å². The Balaban J connectivity index is 2.32. The Morgan fingerprint density at radius 2 is 2.14 bits per heavy atom. The van der Waals surface area contributed by atoms with Gasteiger partial charge in [0.25, 0.3) is 0 Å². The zero-order chi connectivity index (χ0) is 15.4. The Bertz CT molecular complexity index is 608. The van der Waals surface area contributed by atoms with E-state index in [0.29, 0.717) is 0 Å². The molecule has 1 atom stereocenters. The van der Waals surface area contributed by atoms with E-state index in [2.05, 4.69) is 51.4 Å². The molecule has 5 nitrogen and oxygen atoms in total. The molecule has 3 N–H and O–H groups in total. The van der Waals surface area contributed by atoms with Gasteiger partial charge in [0.15, 0.2) is 0 Å². The highest BCUT2D eigenvalue weighted by Gasteiger charge is 2.19. The van der Waals surface area contributed by atoms with Gasteiger partial charge in [0, 0.05) is 25.4 Å². The molecule has 2 heterocycles. The summed E-state index contributed by atoms with van der Waals surface area (Å²) >= 11 is 3.68. The number of nitrogens with zero attached hydrogens (tertiary/aromatic N) is 3. The largest absolute Gasteiger partial charge is 0.271 e. The highest BCUT2D eigenvalue weighted by Crippen LogP contribution is 2.27. The van der Waals surface area contributed by atoms with E-state index < -0.39 is 0 Å². The van der Waals surface area contributed by atoms with E-state index in [-0.39, 0.29) is 6.04 Å². The van der Waals surface area contributed by atoms with Gasteiger partial charge < -0.3 is 0 Å². The van der Waals surface area contributed by atoms with Gasteiger partial charge in [0.2, 0.25) is 0 Å². The lowest BCUT2D eigenvalue weighted by molar-refractivity contribution is 0.514. The summed E-state index contributed by atoms with van der Waals surface area (Å²) in [7, 11) is 0. The Labute approximate surface area is 134 Å². The van der Waals surface area contributed by atoms with Crippen molar-refractivity contribution in [2.75, 3.05) is 0 Å². The van der Waals surface area contributed by atoms with Gasteiger partial charge in [-0.25, -0.2) is 0 Å². The summed E-state index contributed by atoms with van der Waals surface area (Å²) in [5, 5.41) is 4.63. The predicted molar refractivity (Wildman–Crippen MR) is 87.7 cm³/mol. The fourth-order valence-corrected chi connectivity index (χ4v) is 3.17. The first-order valence-electron chi connectivity index (χ1n) is 7.22. The minimum Gasteiger partial charge on any atom is -0.271 e. The maximum absolute atomic E-state index is 5.76. The van der Waals surface area contributed by atoms with Gasteiger partial charge in [-0.1, -0.05) is 13.0 Å². The molecule has 114 valence electrons. The molecule has 0 saturated heterocycles. The van der Waals surface area contributed by atoms with Crippen LogP contribution in [0.15, 0.2) is 22.9 Å². The number of aromatic nitrogens is 3. The van der Waals surface area contributed by atoms with Crippen molar-refractivity contribution in [3.05, 3.63) is 45.4 Å².